The maximum absolute atomic E-state index is 12.3. The average molecular weight is 296 g/mol. The lowest BCUT2D eigenvalue weighted by Crippen LogP contribution is -2.38. The van der Waals surface area contributed by atoms with Crippen LogP contribution < -0.4 is 5.32 Å². The lowest BCUT2D eigenvalue weighted by atomic mass is 10.1. The number of carbonyl (C=O) groups is 1. The van der Waals surface area contributed by atoms with Crippen molar-refractivity contribution in [3.63, 3.8) is 0 Å². The van der Waals surface area contributed by atoms with Crippen molar-refractivity contribution in [1.82, 2.24) is 10.3 Å². The second-order valence-electron chi connectivity index (χ2n) is 5.56. The molecule has 1 aliphatic heterocycles. The van der Waals surface area contributed by atoms with Crippen LogP contribution in [0.15, 0.2) is 48.7 Å². The number of hydrogen-bond donors (Lipinski definition) is 1. The molecule has 0 saturated carbocycles. The molecular formula is C18H20N2O2. The van der Waals surface area contributed by atoms with E-state index in [4.69, 9.17) is 4.74 Å². The van der Waals surface area contributed by atoms with Crippen LogP contribution >= 0.6 is 0 Å². The molecule has 1 amide bonds. The van der Waals surface area contributed by atoms with Crippen molar-refractivity contribution in [2.45, 2.75) is 25.3 Å². The van der Waals surface area contributed by atoms with Crippen LogP contribution in [-0.4, -0.2) is 30.1 Å². The number of hydrogen-bond acceptors (Lipinski definition) is 3. The second-order valence-corrected chi connectivity index (χ2v) is 5.56. The van der Waals surface area contributed by atoms with Gasteiger partial charge in [-0.15, -0.1) is 0 Å². The lowest BCUT2D eigenvalue weighted by molar-refractivity contribution is 0.0696. The number of carbonyl (C=O) groups excluding carboxylic acids is 1. The van der Waals surface area contributed by atoms with Crippen molar-refractivity contribution >= 4 is 5.91 Å². The lowest BCUT2D eigenvalue weighted by Gasteiger charge is -2.23. The second kappa shape index (κ2) is 7.18. The van der Waals surface area contributed by atoms with Crippen LogP contribution in [0.1, 0.15) is 34.5 Å². The minimum atomic E-state index is -0.0244. The Labute approximate surface area is 130 Å². The molecule has 0 bridgehead atoms. The van der Waals surface area contributed by atoms with E-state index in [0.29, 0.717) is 5.56 Å². The summed E-state index contributed by atoms with van der Waals surface area (Å²) < 4.78 is 5.31. The fourth-order valence-corrected chi connectivity index (χ4v) is 2.63. The highest BCUT2D eigenvalue weighted by Gasteiger charge is 2.17. The third-order valence-corrected chi connectivity index (χ3v) is 3.86. The Kier molecular flexibility index (Phi) is 4.81. The zero-order valence-electron chi connectivity index (χ0n) is 12.5. The predicted octanol–water partition coefficient (Wildman–Crippen LogP) is 2.58. The first kappa shape index (κ1) is 14.7. The van der Waals surface area contributed by atoms with E-state index in [-0.39, 0.29) is 11.9 Å². The first-order chi connectivity index (χ1) is 10.8. The van der Waals surface area contributed by atoms with E-state index in [9.17, 15) is 4.79 Å². The topological polar surface area (TPSA) is 51.2 Å². The summed E-state index contributed by atoms with van der Waals surface area (Å²) in [5, 5.41) is 3.08. The van der Waals surface area contributed by atoms with E-state index in [1.54, 1.807) is 12.3 Å². The molecule has 2 aromatic rings. The van der Waals surface area contributed by atoms with E-state index in [1.165, 1.54) is 5.56 Å². The molecule has 114 valence electrons. The van der Waals surface area contributed by atoms with E-state index < -0.39 is 0 Å². The van der Waals surface area contributed by atoms with E-state index >= 15 is 0 Å². The van der Waals surface area contributed by atoms with Crippen LogP contribution in [0.2, 0.25) is 0 Å². The van der Waals surface area contributed by atoms with Crippen molar-refractivity contribution in [1.29, 1.82) is 0 Å². The van der Waals surface area contributed by atoms with Gasteiger partial charge >= 0.3 is 0 Å². The van der Waals surface area contributed by atoms with Gasteiger partial charge in [-0.1, -0.05) is 30.3 Å². The quantitative estimate of drug-likeness (QED) is 0.943. The summed E-state index contributed by atoms with van der Waals surface area (Å²) in [6, 6.07) is 14.0. The van der Waals surface area contributed by atoms with Crippen LogP contribution in [0.5, 0.6) is 0 Å². The SMILES string of the molecule is O=C(NC1CCOCC1)c1ccnc(Cc2ccccc2)c1. The molecule has 1 aromatic carbocycles. The number of amides is 1. The molecule has 0 unspecified atom stereocenters. The number of nitrogens with zero attached hydrogens (tertiary/aromatic N) is 1. The van der Waals surface area contributed by atoms with Gasteiger partial charge in [0.05, 0.1) is 0 Å². The van der Waals surface area contributed by atoms with Gasteiger partial charge in [-0.3, -0.25) is 9.78 Å². The van der Waals surface area contributed by atoms with Gasteiger partial charge in [0.15, 0.2) is 0 Å². The highest BCUT2D eigenvalue weighted by atomic mass is 16.5. The summed E-state index contributed by atoms with van der Waals surface area (Å²) in [6.45, 7) is 1.45. The fourth-order valence-electron chi connectivity index (χ4n) is 2.63. The van der Waals surface area contributed by atoms with Crippen molar-refractivity contribution in [3.8, 4) is 0 Å². The number of pyridine rings is 1. The maximum atomic E-state index is 12.3. The molecule has 0 atom stereocenters. The van der Waals surface area contributed by atoms with Gasteiger partial charge in [0, 0.05) is 43.1 Å². The van der Waals surface area contributed by atoms with Crippen LogP contribution in [0, 0.1) is 0 Å². The van der Waals surface area contributed by atoms with Gasteiger partial charge in [-0.2, -0.15) is 0 Å². The van der Waals surface area contributed by atoms with Crippen LogP contribution in [-0.2, 0) is 11.2 Å². The molecule has 2 heterocycles. The smallest absolute Gasteiger partial charge is 0.251 e. The van der Waals surface area contributed by atoms with Gasteiger partial charge in [0.2, 0.25) is 0 Å². The fraction of sp³-hybridized carbons (Fsp3) is 0.333. The Morgan fingerprint density at radius 2 is 1.95 bits per heavy atom. The van der Waals surface area contributed by atoms with E-state index in [1.807, 2.05) is 24.3 Å². The normalized spacial score (nSPS) is 15.5. The molecule has 1 saturated heterocycles. The highest BCUT2D eigenvalue weighted by molar-refractivity contribution is 5.94. The zero-order valence-corrected chi connectivity index (χ0v) is 12.5. The standard InChI is InChI=1S/C18H20N2O2/c21-18(20-16-7-10-22-11-8-16)15-6-9-19-17(13-15)12-14-4-2-1-3-5-14/h1-6,9,13,16H,7-8,10-12H2,(H,20,21). The average Bonchev–Trinajstić information content (AvgIpc) is 2.57. The summed E-state index contributed by atoms with van der Waals surface area (Å²) in [4.78, 5) is 16.7. The number of ether oxygens (including phenoxy) is 1. The molecule has 22 heavy (non-hydrogen) atoms. The number of aromatic nitrogens is 1. The van der Waals surface area contributed by atoms with E-state index in [2.05, 4.69) is 22.4 Å². The highest BCUT2D eigenvalue weighted by Crippen LogP contribution is 2.11. The maximum Gasteiger partial charge on any atom is 0.251 e. The molecule has 3 rings (SSSR count). The Morgan fingerprint density at radius 1 is 1.18 bits per heavy atom. The van der Waals surface area contributed by atoms with Crippen LogP contribution in [0.25, 0.3) is 0 Å². The first-order valence-electron chi connectivity index (χ1n) is 7.69. The van der Waals surface area contributed by atoms with Crippen molar-refractivity contribution in [2.24, 2.45) is 0 Å². The van der Waals surface area contributed by atoms with Gasteiger partial charge in [0.25, 0.3) is 5.91 Å². The van der Waals surface area contributed by atoms with E-state index in [0.717, 1.165) is 38.2 Å². The predicted molar refractivity (Wildman–Crippen MR) is 84.8 cm³/mol. The first-order valence-corrected chi connectivity index (χ1v) is 7.69. The van der Waals surface area contributed by atoms with Crippen molar-refractivity contribution in [3.05, 3.63) is 65.5 Å². The Hall–Kier alpha value is -2.20. The largest absolute Gasteiger partial charge is 0.381 e. The summed E-state index contributed by atoms with van der Waals surface area (Å²) in [6.07, 6.45) is 4.21. The van der Waals surface area contributed by atoms with Crippen molar-refractivity contribution < 1.29 is 9.53 Å². The molecule has 1 N–H and O–H groups in total. The summed E-state index contributed by atoms with van der Waals surface area (Å²) in [7, 11) is 0. The van der Waals surface area contributed by atoms with Crippen LogP contribution in [0.4, 0.5) is 0 Å². The molecule has 0 spiro atoms. The number of nitrogens with one attached hydrogen (secondary N) is 1. The van der Waals surface area contributed by atoms with Gasteiger partial charge in [0.1, 0.15) is 0 Å². The molecular weight excluding hydrogens is 276 g/mol. The molecule has 4 heteroatoms. The minimum Gasteiger partial charge on any atom is -0.381 e. The van der Waals surface area contributed by atoms with Gasteiger partial charge in [-0.25, -0.2) is 0 Å². The Balaban J connectivity index is 1.66. The monoisotopic (exact) mass is 296 g/mol. The third kappa shape index (κ3) is 3.92. The Bertz CT molecular complexity index is 622. The van der Waals surface area contributed by atoms with Gasteiger partial charge in [-0.05, 0) is 30.5 Å². The molecule has 4 nitrogen and oxygen atoms in total. The molecule has 0 aliphatic carbocycles. The Morgan fingerprint density at radius 3 is 2.73 bits per heavy atom. The molecule has 0 radical (unpaired) electrons. The number of rotatable bonds is 4. The van der Waals surface area contributed by atoms with Crippen LogP contribution in [0.3, 0.4) is 0 Å². The molecule has 1 fully saturated rings. The summed E-state index contributed by atoms with van der Waals surface area (Å²) >= 11 is 0. The molecule has 1 aliphatic rings. The zero-order chi connectivity index (χ0) is 15.2. The minimum absolute atomic E-state index is 0.0244. The number of benzene rings is 1. The molecule has 1 aromatic heterocycles. The third-order valence-electron chi connectivity index (χ3n) is 3.86. The summed E-state index contributed by atoms with van der Waals surface area (Å²) in [5.74, 6) is -0.0244. The van der Waals surface area contributed by atoms with Gasteiger partial charge < -0.3 is 10.1 Å². The summed E-state index contributed by atoms with van der Waals surface area (Å²) in [5.41, 5.74) is 2.77. The van der Waals surface area contributed by atoms with Crippen molar-refractivity contribution in [2.75, 3.05) is 13.2 Å².